The van der Waals surface area contributed by atoms with Crippen molar-refractivity contribution in [1.29, 1.82) is 0 Å². The summed E-state index contributed by atoms with van der Waals surface area (Å²) in [6, 6.07) is 0. The predicted octanol–water partition coefficient (Wildman–Crippen LogP) is 2.21. The molecule has 5 nitrogen and oxygen atoms in total. The van der Waals surface area contributed by atoms with Crippen molar-refractivity contribution in [2.24, 2.45) is 7.05 Å². The SMILES string of the molecule is CCN(CC(F)(F)F)c1c(C=CC(=O)O)c(C)nn1C. The van der Waals surface area contributed by atoms with Gasteiger partial charge in [-0.15, -0.1) is 0 Å². The Labute approximate surface area is 114 Å². The Kier molecular flexibility index (Phi) is 4.80. The highest BCUT2D eigenvalue weighted by atomic mass is 19.4. The quantitative estimate of drug-likeness (QED) is 0.845. The number of nitrogens with zero attached hydrogens (tertiary/aromatic N) is 3. The van der Waals surface area contributed by atoms with Gasteiger partial charge in [0, 0.05) is 25.2 Å². The van der Waals surface area contributed by atoms with Crippen LogP contribution in [0.4, 0.5) is 19.0 Å². The Morgan fingerprint density at radius 3 is 2.55 bits per heavy atom. The molecule has 0 aliphatic carbocycles. The van der Waals surface area contributed by atoms with Gasteiger partial charge in [0.05, 0.1) is 5.69 Å². The number of aliphatic carboxylic acids is 1. The van der Waals surface area contributed by atoms with E-state index in [0.717, 1.165) is 11.0 Å². The number of rotatable bonds is 5. The van der Waals surface area contributed by atoms with Crippen LogP contribution in [-0.4, -0.2) is 40.1 Å². The Morgan fingerprint density at radius 1 is 1.50 bits per heavy atom. The summed E-state index contributed by atoms with van der Waals surface area (Å²) < 4.78 is 39.1. The van der Waals surface area contributed by atoms with Crippen LogP contribution in [0.2, 0.25) is 0 Å². The van der Waals surface area contributed by atoms with E-state index in [2.05, 4.69) is 5.10 Å². The van der Waals surface area contributed by atoms with E-state index in [0.29, 0.717) is 11.3 Å². The number of hydrogen-bond acceptors (Lipinski definition) is 3. The van der Waals surface area contributed by atoms with E-state index < -0.39 is 18.7 Å². The highest BCUT2D eigenvalue weighted by Crippen LogP contribution is 2.27. The Bertz CT molecular complexity index is 521. The molecule has 0 radical (unpaired) electrons. The van der Waals surface area contributed by atoms with Gasteiger partial charge in [-0.3, -0.25) is 4.68 Å². The summed E-state index contributed by atoms with van der Waals surface area (Å²) in [7, 11) is 1.53. The third-order valence-corrected chi connectivity index (χ3v) is 2.68. The molecule has 0 fully saturated rings. The number of aromatic nitrogens is 2. The summed E-state index contributed by atoms with van der Waals surface area (Å²) in [6.07, 6.45) is -2.20. The minimum atomic E-state index is -4.35. The number of carboxylic acids is 1. The lowest BCUT2D eigenvalue weighted by molar-refractivity contribution is -0.131. The summed E-state index contributed by atoms with van der Waals surface area (Å²) >= 11 is 0. The second-order valence-corrected chi connectivity index (χ2v) is 4.25. The van der Waals surface area contributed by atoms with E-state index in [1.165, 1.54) is 17.8 Å². The van der Waals surface area contributed by atoms with Crippen LogP contribution in [-0.2, 0) is 11.8 Å². The van der Waals surface area contributed by atoms with Gasteiger partial charge in [0.15, 0.2) is 0 Å². The molecule has 1 aromatic heterocycles. The monoisotopic (exact) mass is 291 g/mol. The number of carbonyl (C=O) groups is 1. The van der Waals surface area contributed by atoms with Crippen molar-refractivity contribution < 1.29 is 23.1 Å². The second-order valence-electron chi connectivity index (χ2n) is 4.25. The fourth-order valence-corrected chi connectivity index (χ4v) is 1.94. The molecule has 0 saturated carbocycles. The van der Waals surface area contributed by atoms with Gasteiger partial charge in [-0.1, -0.05) is 0 Å². The number of hydrogen-bond donors (Lipinski definition) is 1. The Balaban J connectivity index is 3.24. The fourth-order valence-electron chi connectivity index (χ4n) is 1.94. The molecule has 0 saturated heterocycles. The summed E-state index contributed by atoms with van der Waals surface area (Å²) in [4.78, 5) is 11.7. The summed E-state index contributed by atoms with van der Waals surface area (Å²) in [5.74, 6) is -0.919. The molecule has 8 heteroatoms. The molecule has 112 valence electrons. The average Bonchev–Trinajstić information content (AvgIpc) is 2.57. The van der Waals surface area contributed by atoms with Gasteiger partial charge in [0.2, 0.25) is 0 Å². The molecule has 0 atom stereocenters. The van der Waals surface area contributed by atoms with Crippen molar-refractivity contribution >= 4 is 17.9 Å². The van der Waals surface area contributed by atoms with Crippen molar-refractivity contribution in [2.45, 2.75) is 20.0 Å². The van der Waals surface area contributed by atoms with Crippen LogP contribution in [0.5, 0.6) is 0 Å². The summed E-state index contributed by atoms with van der Waals surface area (Å²) in [6.45, 7) is 2.23. The molecule has 1 N–H and O–H groups in total. The first-order valence-electron chi connectivity index (χ1n) is 5.92. The molecular formula is C12H16F3N3O2. The fraction of sp³-hybridized carbons (Fsp3) is 0.500. The van der Waals surface area contributed by atoms with Crippen LogP contribution < -0.4 is 4.90 Å². The van der Waals surface area contributed by atoms with Crippen molar-refractivity contribution in [3.8, 4) is 0 Å². The molecule has 0 spiro atoms. The highest BCUT2D eigenvalue weighted by Gasteiger charge is 2.32. The van der Waals surface area contributed by atoms with Crippen molar-refractivity contribution in [1.82, 2.24) is 9.78 Å². The molecular weight excluding hydrogens is 275 g/mol. The highest BCUT2D eigenvalue weighted by molar-refractivity contribution is 5.87. The molecule has 1 heterocycles. The summed E-state index contributed by atoms with van der Waals surface area (Å²) in [5.41, 5.74) is 0.849. The van der Waals surface area contributed by atoms with Crippen molar-refractivity contribution in [2.75, 3.05) is 18.0 Å². The van der Waals surface area contributed by atoms with Gasteiger partial charge in [0.25, 0.3) is 0 Å². The summed E-state index contributed by atoms with van der Waals surface area (Å²) in [5, 5.41) is 12.7. The molecule has 0 aliphatic rings. The number of halogens is 3. The van der Waals surface area contributed by atoms with Gasteiger partial charge in [-0.05, 0) is 19.9 Å². The number of aryl methyl sites for hydroxylation is 2. The van der Waals surface area contributed by atoms with Gasteiger partial charge in [-0.25, -0.2) is 4.79 Å². The maximum Gasteiger partial charge on any atom is 0.405 e. The molecule has 20 heavy (non-hydrogen) atoms. The first-order chi connectivity index (χ1) is 9.15. The van der Waals surface area contributed by atoms with Crippen LogP contribution in [0, 0.1) is 6.92 Å². The standard InChI is InChI=1S/C12H16F3N3O2/c1-4-18(7-12(13,14)15)11-9(5-6-10(19)20)8(2)16-17(11)3/h5-6H,4,7H2,1-3H3,(H,19,20). The van der Waals surface area contributed by atoms with E-state index in [-0.39, 0.29) is 12.4 Å². The maximum atomic E-state index is 12.6. The zero-order valence-corrected chi connectivity index (χ0v) is 11.4. The normalized spacial score (nSPS) is 12.1. The van der Waals surface area contributed by atoms with Gasteiger partial charge in [0.1, 0.15) is 12.4 Å². The van der Waals surface area contributed by atoms with Crippen molar-refractivity contribution in [3.63, 3.8) is 0 Å². The first kappa shape index (κ1) is 16.1. The molecule has 0 amide bonds. The van der Waals surface area contributed by atoms with E-state index >= 15 is 0 Å². The zero-order valence-electron chi connectivity index (χ0n) is 11.4. The van der Waals surface area contributed by atoms with Crippen molar-refractivity contribution in [3.05, 3.63) is 17.3 Å². The van der Waals surface area contributed by atoms with E-state index in [1.807, 2.05) is 0 Å². The van der Waals surface area contributed by atoms with Gasteiger partial charge < -0.3 is 10.0 Å². The molecule has 0 aromatic carbocycles. The van der Waals surface area contributed by atoms with E-state index in [1.54, 1.807) is 13.8 Å². The van der Waals surface area contributed by atoms with Crippen LogP contribution in [0.1, 0.15) is 18.2 Å². The second kappa shape index (κ2) is 5.98. The lowest BCUT2D eigenvalue weighted by atomic mass is 10.2. The third-order valence-electron chi connectivity index (χ3n) is 2.68. The number of anilines is 1. The van der Waals surface area contributed by atoms with Crippen LogP contribution >= 0.6 is 0 Å². The van der Waals surface area contributed by atoms with E-state index in [9.17, 15) is 18.0 Å². The smallest absolute Gasteiger partial charge is 0.405 e. The molecule has 0 unspecified atom stereocenters. The molecule has 1 aromatic rings. The predicted molar refractivity (Wildman–Crippen MR) is 68.6 cm³/mol. The maximum absolute atomic E-state index is 12.6. The Morgan fingerprint density at radius 2 is 2.10 bits per heavy atom. The minimum Gasteiger partial charge on any atom is -0.478 e. The average molecular weight is 291 g/mol. The van der Waals surface area contributed by atoms with Crippen LogP contribution in [0.25, 0.3) is 6.08 Å². The molecule has 1 rings (SSSR count). The minimum absolute atomic E-state index is 0.131. The zero-order chi connectivity index (χ0) is 15.5. The van der Waals surface area contributed by atoms with Crippen LogP contribution in [0.15, 0.2) is 6.08 Å². The van der Waals surface area contributed by atoms with Gasteiger partial charge >= 0.3 is 12.1 Å². The molecule has 0 bridgehead atoms. The lowest BCUT2D eigenvalue weighted by Crippen LogP contribution is -2.35. The van der Waals surface area contributed by atoms with Crippen LogP contribution in [0.3, 0.4) is 0 Å². The lowest BCUT2D eigenvalue weighted by Gasteiger charge is -2.25. The topological polar surface area (TPSA) is 58.4 Å². The Hall–Kier alpha value is -1.99. The largest absolute Gasteiger partial charge is 0.478 e. The number of carboxylic acid groups (broad SMARTS) is 1. The molecule has 0 aliphatic heterocycles. The third kappa shape index (κ3) is 4.01. The number of alkyl halides is 3. The van der Waals surface area contributed by atoms with Gasteiger partial charge in [-0.2, -0.15) is 18.3 Å². The first-order valence-corrected chi connectivity index (χ1v) is 5.92. The van der Waals surface area contributed by atoms with E-state index in [4.69, 9.17) is 5.11 Å².